The Morgan fingerprint density at radius 2 is 1.90 bits per heavy atom. The van der Waals surface area contributed by atoms with Crippen LogP contribution in [-0.4, -0.2) is 12.6 Å². The van der Waals surface area contributed by atoms with E-state index in [4.69, 9.17) is 10.6 Å². The van der Waals surface area contributed by atoms with Crippen LogP contribution in [0.25, 0.3) is 0 Å². The fourth-order valence-corrected chi connectivity index (χ4v) is 2.44. The van der Waals surface area contributed by atoms with Crippen LogP contribution in [0.2, 0.25) is 0 Å². The molecule has 2 atom stereocenters. The minimum atomic E-state index is -0.240. The molecule has 0 heterocycles. The molecule has 3 N–H and O–H groups in total. The van der Waals surface area contributed by atoms with Crippen LogP contribution in [0.4, 0.5) is 4.39 Å². The molecule has 0 spiro atoms. The fraction of sp³-hybridized carbons (Fsp3) is 0.294. The van der Waals surface area contributed by atoms with Gasteiger partial charge in [0.05, 0.1) is 12.1 Å². The third kappa shape index (κ3) is 4.36. The van der Waals surface area contributed by atoms with Gasteiger partial charge in [0, 0.05) is 6.61 Å². The number of rotatable bonds is 7. The molecule has 0 aliphatic carbocycles. The highest BCUT2D eigenvalue weighted by molar-refractivity contribution is 5.22. The molecule has 2 rings (SSSR count). The van der Waals surface area contributed by atoms with Crippen LogP contribution < -0.4 is 11.3 Å². The predicted octanol–water partition coefficient (Wildman–Crippen LogP) is 2.98. The average molecular weight is 288 g/mol. The van der Waals surface area contributed by atoms with Crippen LogP contribution in [0.1, 0.15) is 24.2 Å². The first-order valence-corrected chi connectivity index (χ1v) is 7.11. The quantitative estimate of drug-likeness (QED) is 0.608. The molecule has 4 heteroatoms. The van der Waals surface area contributed by atoms with Gasteiger partial charge in [-0.05, 0) is 36.6 Å². The van der Waals surface area contributed by atoms with Gasteiger partial charge >= 0.3 is 0 Å². The Hall–Kier alpha value is -1.75. The van der Waals surface area contributed by atoms with Crippen molar-refractivity contribution >= 4 is 0 Å². The summed E-state index contributed by atoms with van der Waals surface area (Å²) in [6.45, 7) is 2.53. The molecule has 112 valence electrons. The van der Waals surface area contributed by atoms with Crippen molar-refractivity contribution in [3.8, 4) is 0 Å². The minimum absolute atomic E-state index is 0.130. The van der Waals surface area contributed by atoms with E-state index in [1.54, 1.807) is 6.07 Å². The van der Waals surface area contributed by atoms with Crippen molar-refractivity contribution in [2.24, 2.45) is 5.84 Å². The first-order valence-electron chi connectivity index (χ1n) is 7.11. The molecule has 2 aromatic rings. The maximum Gasteiger partial charge on any atom is 0.123 e. The maximum absolute atomic E-state index is 13.3. The van der Waals surface area contributed by atoms with E-state index in [0.29, 0.717) is 13.0 Å². The Labute approximate surface area is 124 Å². The van der Waals surface area contributed by atoms with Crippen molar-refractivity contribution in [2.45, 2.75) is 25.5 Å². The summed E-state index contributed by atoms with van der Waals surface area (Å²) in [7, 11) is 0. The standard InChI is InChI=1S/C17H21FN2O/c1-2-21-17(14-8-4-3-5-9-14)16(20-19)12-13-7-6-10-15(18)11-13/h3-11,16-17,20H,2,12,19H2,1H3. The molecule has 0 aliphatic rings. The van der Waals surface area contributed by atoms with Gasteiger partial charge in [0.2, 0.25) is 0 Å². The lowest BCUT2D eigenvalue weighted by molar-refractivity contribution is 0.0332. The van der Waals surface area contributed by atoms with E-state index in [1.165, 1.54) is 12.1 Å². The third-order valence-corrected chi connectivity index (χ3v) is 3.40. The summed E-state index contributed by atoms with van der Waals surface area (Å²) in [6.07, 6.45) is 0.415. The number of hydrogen-bond donors (Lipinski definition) is 2. The molecule has 0 saturated heterocycles. The van der Waals surface area contributed by atoms with Gasteiger partial charge in [-0.15, -0.1) is 0 Å². The summed E-state index contributed by atoms with van der Waals surface area (Å²) in [5, 5.41) is 0. The van der Waals surface area contributed by atoms with Gasteiger partial charge in [-0.1, -0.05) is 42.5 Å². The molecule has 2 unspecified atom stereocenters. The summed E-state index contributed by atoms with van der Waals surface area (Å²) in [5.74, 6) is 5.46. The number of halogens is 1. The van der Waals surface area contributed by atoms with Crippen molar-refractivity contribution in [2.75, 3.05) is 6.61 Å². The number of nitrogens with two attached hydrogens (primary N) is 1. The lowest BCUT2D eigenvalue weighted by atomic mass is 9.96. The van der Waals surface area contributed by atoms with Crippen molar-refractivity contribution in [3.63, 3.8) is 0 Å². The van der Waals surface area contributed by atoms with Crippen LogP contribution in [0.3, 0.4) is 0 Å². The van der Waals surface area contributed by atoms with Crippen molar-refractivity contribution < 1.29 is 9.13 Å². The molecular formula is C17H21FN2O. The number of benzene rings is 2. The monoisotopic (exact) mass is 288 g/mol. The van der Waals surface area contributed by atoms with Gasteiger partial charge in [0.15, 0.2) is 0 Å². The summed E-state index contributed by atoms with van der Waals surface area (Å²) in [4.78, 5) is 0. The SMILES string of the molecule is CCOC(c1ccccc1)C(Cc1cccc(F)c1)NN. The van der Waals surface area contributed by atoms with Crippen molar-refractivity contribution in [3.05, 3.63) is 71.5 Å². The molecule has 21 heavy (non-hydrogen) atoms. The molecule has 0 bridgehead atoms. The van der Waals surface area contributed by atoms with E-state index in [2.05, 4.69) is 5.43 Å². The van der Waals surface area contributed by atoms with Gasteiger partial charge in [-0.25, -0.2) is 4.39 Å². The zero-order valence-electron chi connectivity index (χ0n) is 12.1. The Morgan fingerprint density at radius 1 is 1.14 bits per heavy atom. The van der Waals surface area contributed by atoms with E-state index in [1.807, 2.05) is 43.3 Å². The van der Waals surface area contributed by atoms with E-state index >= 15 is 0 Å². The van der Waals surface area contributed by atoms with Crippen LogP contribution in [-0.2, 0) is 11.2 Å². The lowest BCUT2D eigenvalue weighted by Gasteiger charge is -2.27. The van der Waals surface area contributed by atoms with Crippen molar-refractivity contribution in [1.29, 1.82) is 0 Å². The molecule has 0 aromatic heterocycles. The summed E-state index contributed by atoms with van der Waals surface area (Å²) < 4.78 is 19.2. The molecule has 0 fully saturated rings. The second-order valence-electron chi connectivity index (χ2n) is 4.89. The first-order chi connectivity index (χ1) is 10.2. The van der Waals surface area contributed by atoms with Gasteiger partial charge in [-0.3, -0.25) is 11.3 Å². The van der Waals surface area contributed by atoms with Crippen molar-refractivity contribution in [1.82, 2.24) is 5.43 Å². The summed E-state index contributed by atoms with van der Waals surface area (Å²) in [5.41, 5.74) is 4.75. The number of nitrogens with one attached hydrogen (secondary N) is 1. The van der Waals surface area contributed by atoms with Gasteiger partial charge < -0.3 is 4.74 Å². The van der Waals surface area contributed by atoms with Crippen LogP contribution in [0.5, 0.6) is 0 Å². The van der Waals surface area contributed by atoms with E-state index in [-0.39, 0.29) is 18.0 Å². The van der Waals surface area contributed by atoms with Crippen LogP contribution >= 0.6 is 0 Å². The smallest absolute Gasteiger partial charge is 0.123 e. The van der Waals surface area contributed by atoms with E-state index in [0.717, 1.165) is 11.1 Å². The predicted molar refractivity (Wildman–Crippen MR) is 82.0 cm³/mol. The second kappa shape index (κ2) is 7.88. The average Bonchev–Trinajstić information content (AvgIpc) is 2.51. The zero-order chi connectivity index (χ0) is 15.1. The molecule has 3 nitrogen and oxygen atoms in total. The zero-order valence-corrected chi connectivity index (χ0v) is 12.1. The van der Waals surface area contributed by atoms with Crippen LogP contribution in [0.15, 0.2) is 54.6 Å². The first kappa shape index (κ1) is 15.6. The molecule has 0 amide bonds. The highest BCUT2D eigenvalue weighted by atomic mass is 19.1. The maximum atomic E-state index is 13.3. The topological polar surface area (TPSA) is 47.3 Å². The Bertz CT molecular complexity index is 547. The summed E-state index contributed by atoms with van der Waals surface area (Å²) >= 11 is 0. The highest BCUT2D eigenvalue weighted by Gasteiger charge is 2.23. The van der Waals surface area contributed by atoms with Gasteiger partial charge in [-0.2, -0.15) is 0 Å². The molecule has 2 aromatic carbocycles. The fourth-order valence-electron chi connectivity index (χ4n) is 2.44. The molecule has 0 aliphatic heterocycles. The molecule has 0 saturated carbocycles. The largest absolute Gasteiger partial charge is 0.372 e. The number of hydrazine groups is 1. The van der Waals surface area contributed by atoms with E-state index < -0.39 is 0 Å². The second-order valence-corrected chi connectivity index (χ2v) is 4.89. The normalized spacial score (nSPS) is 13.9. The lowest BCUT2D eigenvalue weighted by Crippen LogP contribution is -2.42. The molecular weight excluding hydrogens is 267 g/mol. The number of hydrogen-bond acceptors (Lipinski definition) is 3. The summed E-state index contributed by atoms with van der Waals surface area (Å²) in [6, 6.07) is 16.3. The highest BCUT2D eigenvalue weighted by Crippen LogP contribution is 2.23. The van der Waals surface area contributed by atoms with Gasteiger partial charge in [0.25, 0.3) is 0 Å². The third-order valence-electron chi connectivity index (χ3n) is 3.40. The Balaban J connectivity index is 2.20. The molecule has 0 radical (unpaired) electrons. The van der Waals surface area contributed by atoms with E-state index in [9.17, 15) is 4.39 Å². The Kier molecular flexibility index (Phi) is 5.87. The minimum Gasteiger partial charge on any atom is -0.372 e. The Morgan fingerprint density at radius 3 is 2.52 bits per heavy atom. The van der Waals surface area contributed by atoms with Gasteiger partial charge in [0.1, 0.15) is 5.82 Å². The van der Waals surface area contributed by atoms with Crippen LogP contribution in [0, 0.1) is 5.82 Å². The number of ether oxygens (including phenoxy) is 1.